The largest absolute Gasteiger partial charge is 0.430 e. The fourth-order valence-electron chi connectivity index (χ4n) is 2.09. The predicted molar refractivity (Wildman–Crippen MR) is 72.8 cm³/mol. The van der Waals surface area contributed by atoms with Crippen molar-refractivity contribution in [3.63, 3.8) is 0 Å². The molecule has 0 radical (unpaired) electrons. The Bertz CT molecular complexity index is 277. The molecule has 0 heterocycles. The molecule has 0 aromatic rings. The number of carbonyl (C=O) groups excluding carboxylic acids is 1. The highest BCUT2D eigenvalue weighted by Crippen LogP contribution is 2.18. The second-order valence-electron chi connectivity index (χ2n) is 4.94. The molecule has 0 aromatic carbocycles. The summed E-state index contributed by atoms with van der Waals surface area (Å²) in [6.45, 7) is 0.646. The monoisotopic (exact) mass is 254 g/mol. The number of unbranched alkanes of at least 4 members (excludes halogenated alkanes) is 1. The zero-order valence-electron chi connectivity index (χ0n) is 11.2. The van der Waals surface area contributed by atoms with Crippen LogP contribution in [0.15, 0.2) is 11.8 Å². The van der Waals surface area contributed by atoms with Crippen LogP contribution < -0.4 is 11.5 Å². The average molecular weight is 254 g/mol. The van der Waals surface area contributed by atoms with Gasteiger partial charge in [-0.25, -0.2) is 4.79 Å². The van der Waals surface area contributed by atoms with E-state index in [4.69, 9.17) is 16.2 Å². The summed E-state index contributed by atoms with van der Waals surface area (Å²) >= 11 is 0. The number of ether oxygens (including phenoxy) is 1. The van der Waals surface area contributed by atoms with Crippen LogP contribution in [0.2, 0.25) is 0 Å². The zero-order chi connectivity index (χ0) is 13.2. The Balaban J connectivity index is 2.32. The van der Waals surface area contributed by atoms with Crippen molar-refractivity contribution in [3.8, 4) is 0 Å². The Morgan fingerprint density at radius 3 is 2.83 bits per heavy atom. The molecule has 0 aliphatic heterocycles. The van der Waals surface area contributed by atoms with E-state index in [0.717, 1.165) is 37.9 Å². The van der Waals surface area contributed by atoms with Crippen molar-refractivity contribution in [2.24, 2.45) is 11.5 Å². The maximum Gasteiger partial charge on any atom is 0.327 e. The summed E-state index contributed by atoms with van der Waals surface area (Å²) in [5.41, 5.74) is 11.2. The predicted octanol–water partition coefficient (Wildman–Crippen LogP) is 2.22. The van der Waals surface area contributed by atoms with Crippen LogP contribution in [0.4, 0.5) is 0 Å². The Hall–Kier alpha value is -0.870. The number of allylic oxidation sites excluding steroid dienone is 2. The molecule has 0 amide bonds. The fourth-order valence-corrected chi connectivity index (χ4v) is 2.09. The lowest BCUT2D eigenvalue weighted by molar-refractivity contribution is -0.141. The van der Waals surface area contributed by atoms with Gasteiger partial charge in [0.1, 0.15) is 11.8 Å². The van der Waals surface area contributed by atoms with Gasteiger partial charge in [0.15, 0.2) is 0 Å². The van der Waals surface area contributed by atoms with Crippen LogP contribution in [0.25, 0.3) is 0 Å². The standard InChI is InChI=1S/C14H26N2O2/c15-11-7-6-10-13(16)14(17)18-12-8-4-2-1-3-5-9-12/h8,13H,1-7,9-11,15-16H2/t13-/m0/s1. The van der Waals surface area contributed by atoms with Gasteiger partial charge in [0.2, 0.25) is 0 Å². The molecule has 1 aliphatic carbocycles. The SMILES string of the molecule is NCCCC[C@H](N)C(=O)OC1=CCCCCCC1. The Kier molecular flexibility index (Phi) is 7.69. The van der Waals surface area contributed by atoms with E-state index in [9.17, 15) is 4.79 Å². The van der Waals surface area contributed by atoms with E-state index in [2.05, 4.69) is 0 Å². The minimum absolute atomic E-state index is 0.293. The average Bonchev–Trinajstić information content (AvgIpc) is 2.32. The minimum Gasteiger partial charge on any atom is -0.430 e. The van der Waals surface area contributed by atoms with Crippen LogP contribution in [0.5, 0.6) is 0 Å². The summed E-state index contributed by atoms with van der Waals surface area (Å²) in [7, 11) is 0. The molecule has 4 N–H and O–H groups in total. The van der Waals surface area contributed by atoms with Gasteiger partial charge in [0, 0.05) is 6.42 Å². The molecule has 4 nitrogen and oxygen atoms in total. The minimum atomic E-state index is -0.511. The normalized spacial score (nSPS) is 18.4. The van der Waals surface area contributed by atoms with Crippen molar-refractivity contribution >= 4 is 5.97 Å². The van der Waals surface area contributed by atoms with Crippen molar-refractivity contribution in [2.45, 2.75) is 63.8 Å². The van der Waals surface area contributed by atoms with Crippen molar-refractivity contribution in [1.82, 2.24) is 0 Å². The second-order valence-corrected chi connectivity index (χ2v) is 4.94. The first-order valence-electron chi connectivity index (χ1n) is 7.10. The highest BCUT2D eigenvalue weighted by atomic mass is 16.5. The van der Waals surface area contributed by atoms with Gasteiger partial charge >= 0.3 is 5.97 Å². The van der Waals surface area contributed by atoms with Gasteiger partial charge in [-0.15, -0.1) is 0 Å². The zero-order valence-corrected chi connectivity index (χ0v) is 11.2. The molecule has 1 rings (SSSR count). The molecule has 0 fully saturated rings. The Morgan fingerprint density at radius 2 is 2.06 bits per heavy atom. The molecule has 1 aliphatic rings. The molecule has 1 atom stereocenters. The summed E-state index contributed by atoms with van der Waals surface area (Å²) in [6, 6.07) is -0.511. The number of esters is 1. The molecule has 0 unspecified atom stereocenters. The van der Waals surface area contributed by atoms with Gasteiger partial charge in [-0.05, 0) is 44.7 Å². The lowest BCUT2D eigenvalue weighted by atomic mass is 10.0. The van der Waals surface area contributed by atoms with Gasteiger partial charge < -0.3 is 16.2 Å². The number of nitrogens with two attached hydrogens (primary N) is 2. The van der Waals surface area contributed by atoms with E-state index < -0.39 is 6.04 Å². The summed E-state index contributed by atoms with van der Waals surface area (Å²) < 4.78 is 5.39. The number of hydrogen-bond acceptors (Lipinski definition) is 4. The molecule has 0 saturated heterocycles. The number of rotatable bonds is 6. The summed E-state index contributed by atoms with van der Waals surface area (Å²) in [5.74, 6) is 0.521. The first-order chi connectivity index (χ1) is 8.74. The molecule has 0 saturated carbocycles. The molecule has 4 heteroatoms. The summed E-state index contributed by atoms with van der Waals surface area (Å²) in [5, 5.41) is 0. The lowest BCUT2D eigenvalue weighted by Gasteiger charge is -2.15. The summed E-state index contributed by atoms with van der Waals surface area (Å²) in [6.07, 6.45) is 11.1. The first kappa shape index (κ1) is 15.2. The third kappa shape index (κ3) is 6.17. The quantitative estimate of drug-likeness (QED) is 0.563. The highest BCUT2D eigenvalue weighted by molar-refractivity contribution is 5.76. The van der Waals surface area contributed by atoms with E-state index in [-0.39, 0.29) is 5.97 Å². The van der Waals surface area contributed by atoms with Crippen LogP contribution in [-0.2, 0) is 9.53 Å². The number of carbonyl (C=O) groups is 1. The van der Waals surface area contributed by atoms with Crippen LogP contribution in [0.1, 0.15) is 57.8 Å². The molecular weight excluding hydrogens is 228 g/mol. The van der Waals surface area contributed by atoms with Crippen molar-refractivity contribution in [1.29, 1.82) is 0 Å². The second kappa shape index (κ2) is 9.11. The molecule has 18 heavy (non-hydrogen) atoms. The van der Waals surface area contributed by atoms with Crippen LogP contribution >= 0.6 is 0 Å². The summed E-state index contributed by atoms with van der Waals surface area (Å²) in [4.78, 5) is 11.8. The third-order valence-corrected chi connectivity index (χ3v) is 3.25. The van der Waals surface area contributed by atoms with E-state index in [1.807, 2.05) is 6.08 Å². The lowest BCUT2D eigenvalue weighted by Crippen LogP contribution is -2.32. The van der Waals surface area contributed by atoms with E-state index in [0.29, 0.717) is 13.0 Å². The van der Waals surface area contributed by atoms with Crippen molar-refractivity contribution in [3.05, 3.63) is 11.8 Å². The van der Waals surface area contributed by atoms with Crippen LogP contribution in [0.3, 0.4) is 0 Å². The van der Waals surface area contributed by atoms with Gasteiger partial charge in [-0.3, -0.25) is 0 Å². The first-order valence-corrected chi connectivity index (χ1v) is 7.10. The maximum absolute atomic E-state index is 11.8. The molecule has 104 valence electrons. The smallest absolute Gasteiger partial charge is 0.327 e. The van der Waals surface area contributed by atoms with Crippen molar-refractivity contribution < 1.29 is 9.53 Å². The highest BCUT2D eigenvalue weighted by Gasteiger charge is 2.16. The van der Waals surface area contributed by atoms with Gasteiger partial charge in [-0.2, -0.15) is 0 Å². The Morgan fingerprint density at radius 1 is 1.28 bits per heavy atom. The van der Waals surface area contributed by atoms with Crippen LogP contribution in [0, 0.1) is 0 Å². The molecule has 0 aromatic heterocycles. The van der Waals surface area contributed by atoms with Gasteiger partial charge in [-0.1, -0.05) is 19.3 Å². The van der Waals surface area contributed by atoms with Crippen LogP contribution in [-0.4, -0.2) is 18.6 Å². The maximum atomic E-state index is 11.8. The fraction of sp³-hybridized carbons (Fsp3) is 0.786. The van der Waals surface area contributed by atoms with Gasteiger partial charge in [0.25, 0.3) is 0 Å². The number of hydrogen-bond donors (Lipinski definition) is 2. The van der Waals surface area contributed by atoms with Gasteiger partial charge in [0.05, 0.1) is 0 Å². The topological polar surface area (TPSA) is 78.3 Å². The third-order valence-electron chi connectivity index (χ3n) is 3.25. The van der Waals surface area contributed by atoms with E-state index >= 15 is 0 Å². The van der Waals surface area contributed by atoms with E-state index in [1.54, 1.807) is 0 Å². The molecule has 0 bridgehead atoms. The molecule has 0 spiro atoms. The van der Waals surface area contributed by atoms with Crippen molar-refractivity contribution in [2.75, 3.05) is 6.54 Å². The Labute approximate surface area is 110 Å². The molecular formula is C14H26N2O2. The van der Waals surface area contributed by atoms with E-state index in [1.165, 1.54) is 19.3 Å².